The van der Waals surface area contributed by atoms with E-state index in [1.165, 1.54) is 4.68 Å². The van der Waals surface area contributed by atoms with Crippen molar-refractivity contribution in [2.24, 2.45) is 18.7 Å². The quantitative estimate of drug-likeness (QED) is 0.551. The molecule has 0 saturated carbocycles. The molecule has 8 nitrogen and oxygen atoms in total. The maximum Gasteiger partial charge on any atom is 0.244 e. The van der Waals surface area contributed by atoms with Crippen molar-refractivity contribution in [3.63, 3.8) is 0 Å². The number of nitrogens with one attached hydrogen (secondary N) is 1. The molecule has 2 aliphatic heterocycles. The van der Waals surface area contributed by atoms with Gasteiger partial charge >= 0.3 is 0 Å². The number of nitrogens with zero attached hydrogens (tertiary/aromatic N) is 3. The number of aromatic nitrogens is 2. The Morgan fingerprint density at radius 2 is 1.74 bits per heavy atom. The van der Waals surface area contributed by atoms with Crippen molar-refractivity contribution in [2.75, 3.05) is 6.54 Å². The van der Waals surface area contributed by atoms with E-state index in [4.69, 9.17) is 5.73 Å². The van der Waals surface area contributed by atoms with E-state index in [9.17, 15) is 26.4 Å². The first-order valence-corrected chi connectivity index (χ1v) is 13.1. The Morgan fingerprint density at radius 3 is 2.31 bits per heavy atom. The summed E-state index contributed by atoms with van der Waals surface area (Å²) in [6.07, 6.45) is 2.77. The molecule has 4 rings (SSSR count). The second-order valence-corrected chi connectivity index (χ2v) is 11.3. The first-order chi connectivity index (χ1) is 16.4. The van der Waals surface area contributed by atoms with Crippen molar-refractivity contribution in [3.8, 4) is 0 Å². The van der Waals surface area contributed by atoms with Gasteiger partial charge < -0.3 is 10.6 Å². The van der Waals surface area contributed by atoms with Crippen molar-refractivity contribution < 1.29 is 26.4 Å². The Balaban J connectivity index is 1.39. The number of amides is 1. The number of aryl methyl sites for hydroxylation is 2. The molecule has 35 heavy (non-hydrogen) atoms. The Hall–Kier alpha value is -2.44. The van der Waals surface area contributed by atoms with Gasteiger partial charge in [-0.05, 0) is 63.5 Å². The third-order valence-corrected chi connectivity index (χ3v) is 8.99. The minimum Gasteiger partial charge on any atom is -0.336 e. The lowest BCUT2D eigenvalue weighted by Crippen LogP contribution is -2.52. The summed E-state index contributed by atoms with van der Waals surface area (Å²) in [6, 6.07) is 0.690. The first-order valence-electron chi connectivity index (χ1n) is 11.6. The second-order valence-electron chi connectivity index (χ2n) is 9.59. The number of piperidine rings is 1. The van der Waals surface area contributed by atoms with E-state index >= 15 is 0 Å². The fraction of sp³-hybridized carbons (Fsp3) is 0.565. The van der Waals surface area contributed by atoms with E-state index in [1.54, 1.807) is 25.8 Å². The highest BCUT2D eigenvalue weighted by Crippen LogP contribution is 2.40. The molecule has 2 saturated heterocycles. The van der Waals surface area contributed by atoms with Crippen LogP contribution in [0.1, 0.15) is 42.6 Å². The van der Waals surface area contributed by atoms with Crippen LogP contribution in [0.25, 0.3) is 0 Å². The van der Waals surface area contributed by atoms with Crippen LogP contribution in [0, 0.1) is 37.2 Å². The number of hydrogen-bond donors (Lipinski definition) is 2. The van der Waals surface area contributed by atoms with Gasteiger partial charge in [0.1, 0.15) is 10.7 Å². The third-order valence-electron chi connectivity index (χ3n) is 7.33. The highest BCUT2D eigenvalue weighted by Gasteiger charge is 2.44. The average Bonchev–Trinajstić information content (AvgIpc) is 3.20. The largest absolute Gasteiger partial charge is 0.336 e. The van der Waals surface area contributed by atoms with Gasteiger partial charge in [-0.25, -0.2) is 26.3 Å². The Kier molecular flexibility index (Phi) is 7.00. The molecule has 12 heteroatoms. The molecule has 0 aliphatic carbocycles. The molecule has 3 heterocycles. The number of rotatable bonds is 7. The molecule has 2 bridgehead atoms. The van der Waals surface area contributed by atoms with Crippen LogP contribution in [0.15, 0.2) is 17.0 Å². The smallest absolute Gasteiger partial charge is 0.244 e. The van der Waals surface area contributed by atoms with Gasteiger partial charge in [0.2, 0.25) is 15.9 Å². The van der Waals surface area contributed by atoms with E-state index < -0.39 is 33.5 Å². The Bertz CT molecular complexity index is 1240. The lowest BCUT2D eigenvalue weighted by molar-refractivity contribution is -0.135. The molecule has 2 aromatic rings. The third kappa shape index (κ3) is 4.96. The summed E-state index contributed by atoms with van der Waals surface area (Å²) in [5.41, 5.74) is 7.20. The molecule has 3 N–H and O–H groups in total. The second kappa shape index (κ2) is 9.55. The minimum atomic E-state index is -3.91. The van der Waals surface area contributed by atoms with Crippen LogP contribution in [0.4, 0.5) is 13.2 Å². The van der Waals surface area contributed by atoms with Crippen LogP contribution in [0.3, 0.4) is 0 Å². The molecule has 2 aliphatic rings. The number of fused-ring (bicyclic) bond motifs is 2. The zero-order valence-electron chi connectivity index (χ0n) is 19.9. The van der Waals surface area contributed by atoms with E-state index in [0.717, 1.165) is 18.9 Å². The van der Waals surface area contributed by atoms with Gasteiger partial charge in [-0.3, -0.25) is 9.48 Å². The summed E-state index contributed by atoms with van der Waals surface area (Å²) < 4.78 is 70.4. The number of nitrogens with two attached hydrogens (primary N) is 1. The maximum atomic E-state index is 14.1. The number of carbonyl (C=O) groups excluding carboxylic acids is 1. The zero-order valence-corrected chi connectivity index (χ0v) is 20.7. The van der Waals surface area contributed by atoms with Crippen LogP contribution in [-0.2, 0) is 28.3 Å². The number of benzene rings is 1. The van der Waals surface area contributed by atoms with E-state index in [2.05, 4.69) is 9.82 Å². The van der Waals surface area contributed by atoms with Crippen LogP contribution < -0.4 is 10.5 Å². The lowest BCUT2D eigenvalue weighted by Gasteiger charge is -2.41. The van der Waals surface area contributed by atoms with Crippen LogP contribution in [0.2, 0.25) is 0 Å². The molecule has 1 aromatic heterocycles. The molecule has 1 aromatic carbocycles. The number of hydrogen-bond acceptors (Lipinski definition) is 5. The average molecular weight is 514 g/mol. The van der Waals surface area contributed by atoms with Crippen LogP contribution in [-0.4, -0.2) is 53.7 Å². The topological polar surface area (TPSA) is 110 Å². The predicted octanol–water partition coefficient (Wildman–Crippen LogP) is 2.07. The highest BCUT2D eigenvalue weighted by atomic mass is 32.2. The number of halogens is 3. The monoisotopic (exact) mass is 513 g/mol. The standard InChI is InChI=1S/C23H30F3N5O3S/c1-12-23(13(2)30(3)29-12)35(33,34)28-11-22(32)31-16-4-5-17(31)7-15(6-16)21(27)9-14-8-19(25)20(26)10-18(14)24/h8,10,15-17,21,28H,4-7,9,11,27H2,1-3H3/t15-,16-,17+,21-/m1/s1. The Labute approximate surface area is 202 Å². The highest BCUT2D eigenvalue weighted by molar-refractivity contribution is 7.89. The van der Waals surface area contributed by atoms with Gasteiger partial charge in [0.15, 0.2) is 11.6 Å². The van der Waals surface area contributed by atoms with Crippen molar-refractivity contribution in [3.05, 3.63) is 46.5 Å². The summed E-state index contributed by atoms with van der Waals surface area (Å²) in [5.74, 6) is -3.52. The number of carbonyl (C=O) groups is 1. The van der Waals surface area contributed by atoms with Gasteiger partial charge in [-0.1, -0.05) is 0 Å². The van der Waals surface area contributed by atoms with Gasteiger partial charge in [0.05, 0.1) is 17.9 Å². The van der Waals surface area contributed by atoms with E-state index in [-0.39, 0.29) is 47.3 Å². The molecular weight excluding hydrogens is 483 g/mol. The SMILES string of the molecule is Cc1nn(C)c(C)c1S(=O)(=O)NCC(=O)N1[C@@H]2CC[C@H]1C[C@H]([C@H](N)Cc1cc(F)c(F)cc1F)C2. The molecule has 4 atom stereocenters. The van der Waals surface area contributed by atoms with Crippen molar-refractivity contribution in [1.82, 2.24) is 19.4 Å². The Morgan fingerprint density at radius 1 is 1.14 bits per heavy atom. The van der Waals surface area contributed by atoms with E-state index in [1.807, 2.05) is 0 Å². The summed E-state index contributed by atoms with van der Waals surface area (Å²) in [7, 11) is -2.26. The molecule has 192 valence electrons. The van der Waals surface area contributed by atoms with Crippen molar-refractivity contribution >= 4 is 15.9 Å². The normalized spacial score (nSPS) is 23.1. The van der Waals surface area contributed by atoms with Gasteiger partial charge in [0.25, 0.3) is 0 Å². The summed E-state index contributed by atoms with van der Waals surface area (Å²) in [4.78, 5) is 14.8. The van der Waals surface area contributed by atoms with Crippen LogP contribution in [0.5, 0.6) is 0 Å². The van der Waals surface area contributed by atoms with Crippen LogP contribution >= 0.6 is 0 Å². The molecule has 2 fully saturated rings. The van der Waals surface area contributed by atoms with Crippen molar-refractivity contribution in [1.29, 1.82) is 0 Å². The van der Waals surface area contributed by atoms with E-state index in [0.29, 0.717) is 30.3 Å². The molecule has 0 unspecified atom stereocenters. The summed E-state index contributed by atoms with van der Waals surface area (Å²) >= 11 is 0. The van der Waals surface area contributed by atoms with Gasteiger partial charge in [0, 0.05) is 31.2 Å². The lowest BCUT2D eigenvalue weighted by atomic mass is 9.82. The zero-order chi connectivity index (χ0) is 25.7. The summed E-state index contributed by atoms with van der Waals surface area (Å²) in [6.45, 7) is 2.89. The van der Waals surface area contributed by atoms with Crippen molar-refractivity contribution in [2.45, 2.75) is 69.0 Å². The molecular formula is C23H30F3N5O3S. The van der Waals surface area contributed by atoms with Gasteiger partial charge in [-0.15, -0.1) is 0 Å². The summed E-state index contributed by atoms with van der Waals surface area (Å²) in [5, 5.41) is 4.12. The number of sulfonamides is 1. The fourth-order valence-electron chi connectivity index (χ4n) is 5.58. The predicted molar refractivity (Wildman–Crippen MR) is 122 cm³/mol. The molecule has 0 spiro atoms. The molecule has 1 amide bonds. The minimum absolute atomic E-state index is 0.0256. The maximum absolute atomic E-state index is 14.1. The first kappa shape index (κ1) is 25.6. The molecule has 0 radical (unpaired) electrons. The van der Waals surface area contributed by atoms with Gasteiger partial charge in [-0.2, -0.15) is 5.10 Å². The fourth-order valence-corrected chi connectivity index (χ4v) is 6.99.